The molecule has 0 aromatic heterocycles. The normalized spacial score (nSPS) is 25.0. The molecule has 2 aliphatic carbocycles. The molecule has 0 aliphatic heterocycles. The van der Waals surface area contributed by atoms with Gasteiger partial charge in [0.2, 0.25) is 0 Å². The monoisotopic (exact) mass is 428 g/mol. The Bertz CT molecular complexity index is 495. The van der Waals surface area contributed by atoms with Crippen molar-refractivity contribution >= 4 is 15.2 Å². The Morgan fingerprint density at radius 2 is 1.04 bits per heavy atom. The molecule has 160 valence electrons. The molecule has 2 atom stereocenters. The van der Waals surface area contributed by atoms with Crippen molar-refractivity contribution in [3.63, 3.8) is 0 Å². The standard InChI is InChI=1S/C17H34O8P2/c18-11-17(12-19,13-24-26(20,21)15-7-3-1-4-8-15)14-25-27(22,23)16-9-5-2-6-10-16/h15-16,18-19H,1-14H2,(H,20,21)(H,22,23). The maximum absolute atomic E-state index is 12.5. The van der Waals surface area contributed by atoms with Gasteiger partial charge in [0.15, 0.2) is 0 Å². The zero-order chi connectivity index (χ0) is 20.0. The van der Waals surface area contributed by atoms with Gasteiger partial charge in [0, 0.05) is 0 Å². The molecule has 0 aromatic carbocycles. The molecule has 2 aliphatic rings. The fourth-order valence-electron chi connectivity index (χ4n) is 3.76. The Labute approximate surface area is 161 Å². The second-order valence-corrected chi connectivity index (χ2v) is 12.3. The average molecular weight is 428 g/mol. The minimum Gasteiger partial charge on any atom is -0.396 e. The summed E-state index contributed by atoms with van der Waals surface area (Å²) < 4.78 is 35.6. The van der Waals surface area contributed by atoms with Crippen LogP contribution in [0.2, 0.25) is 0 Å². The summed E-state index contributed by atoms with van der Waals surface area (Å²) in [6.07, 6.45) is 8.04. The molecule has 2 unspecified atom stereocenters. The second kappa shape index (κ2) is 10.3. The highest BCUT2D eigenvalue weighted by Gasteiger charge is 2.41. The van der Waals surface area contributed by atoms with Crippen LogP contribution >= 0.6 is 15.2 Å². The third kappa shape index (κ3) is 6.61. The Morgan fingerprint density at radius 3 is 1.33 bits per heavy atom. The van der Waals surface area contributed by atoms with Crippen LogP contribution in [0.25, 0.3) is 0 Å². The number of hydrogen-bond donors (Lipinski definition) is 4. The van der Waals surface area contributed by atoms with Crippen LogP contribution in [0.5, 0.6) is 0 Å². The van der Waals surface area contributed by atoms with Crippen molar-refractivity contribution in [3.8, 4) is 0 Å². The van der Waals surface area contributed by atoms with Crippen LogP contribution in [0.3, 0.4) is 0 Å². The van der Waals surface area contributed by atoms with Gasteiger partial charge in [-0.25, -0.2) is 0 Å². The minimum atomic E-state index is -3.89. The first-order chi connectivity index (χ1) is 12.7. The van der Waals surface area contributed by atoms with Crippen LogP contribution in [0.15, 0.2) is 0 Å². The maximum Gasteiger partial charge on any atom is 0.331 e. The summed E-state index contributed by atoms with van der Waals surface area (Å²) in [5.74, 6) is 0. The molecule has 0 spiro atoms. The van der Waals surface area contributed by atoms with E-state index in [1.807, 2.05) is 0 Å². The Kier molecular flexibility index (Phi) is 8.97. The quantitative estimate of drug-likeness (QED) is 0.390. The van der Waals surface area contributed by atoms with E-state index in [0.29, 0.717) is 25.7 Å². The zero-order valence-corrected chi connectivity index (χ0v) is 17.7. The van der Waals surface area contributed by atoms with Gasteiger partial charge >= 0.3 is 15.2 Å². The molecule has 2 saturated carbocycles. The van der Waals surface area contributed by atoms with Gasteiger partial charge in [-0.15, -0.1) is 0 Å². The third-order valence-corrected chi connectivity index (χ3v) is 9.73. The minimum absolute atomic E-state index is 0.408. The lowest BCUT2D eigenvalue weighted by atomic mass is 9.93. The molecule has 2 fully saturated rings. The number of aliphatic hydroxyl groups is 2. The van der Waals surface area contributed by atoms with Crippen molar-refractivity contribution in [1.82, 2.24) is 0 Å². The zero-order valence-electron chi connectivity index (χ0n) is 15.9. The largest absolute Gasteiger partial charge is 0.396 e. The highest BCUT2D eigenvalue weighted by atomic mass is 31.2. The van der Waals surface area contributed by atoms with Gasteiger partial charge in [-0.05, 0) is 25.7 Å². The molecule has 0 heterocycles. The van der Waals surface area contributed by atoms with Crippen molar-refractivity contribution in [1.29, 1.82) is 0 Å². The number of aliphatic hydroxyl groups excluding tert-OH is 2. The first-order valence-electron chi connectivity index (χ1n) is 9.90. The second-order valence-electron chi connectivity index (χ2n) is 8.08. The van der Waals surface area contributed by atoms with E-state index in [-0.39, 0.29) is 0 Å². The van der Waals surface area contributed by atoms with Crippen molar-refractivity contribution in [2.75, 3.05) is 26.4 Å². The van der Waals surface area contributed by atoms with E-state index in [1.54, 1.807) is 0 Å². The highest BCUT2D eigenvalue weighted by Crippen LogP contribution is 2.55. The topological polar surface area (TPSA) is 134 Å². The van der Waals surface area contributed by atoms with E-state index in [1.165, 1.54) is 0 Å². The molecule has 0 saturated heterocycles. The van der Waals surface area contributed by atoms with E-state index in [2.05, 4.69) is 0 Å². The molecular weight excluding hydrogens is 394 g/mol. The molecule has 0 amide bonds. The smallest absolute Gasteiger partial charge is 0.331 e. The summed E-state index contributed by atoms with van der Waals surface area (Å²) in [7, 11) is -7.78. The molecule has 10 heteroatoms. The lowest BCUT2D eigenvalue weighted by molar-refractivity contribution is -0.0242. The van der Waals surface area contributed by atoms with Crippen LogP contribution in [0, 0.1) is 5.41 Å². The lowest BCUT2D eigenvalue weighted by Gasteiger charge is -2.34. The van der Waals surface area contributed by atoms with Gasteiger partial charge in [-0.2, -0.15) is 0 Å². The van der Waals surface area contributed by atoms with Crippen LogP contribution < -0.4 is 0 Å². The Balaban J connectivity index is 1.95. The lowest BCUT2D eigenvalue weighted by Crippen LogP contribution is -2.40. The third-order valence-electron chi connectivity index (χ3n) is 5.85. The molecule has 2 rings (SSSR count). The van der Waals surface area contributed by atoms with Crippen LogP contribution in [-0.4, -0.2) is 57.7 Å². The summed E-state index contributed by atoms with van der Waals surface area (Å²) in [6.45, 7) is -1.98. The van der Waals surface area contributed by atoms with Gasteiger partial charge in [0.05, 0.1) is 43.2 Å². The molecule has 0 radical (unpaired) electrons. The van der Waals surface area contributed by atoms with Crippen molar-refractivity contribution in [3.05, 3.63) is 0 Å². The molecule has 8 nitrogen and oxygen atoms in total. The number of hydrogen-bond acceptors (Lipinski definition) is 6. The number of rotatable bonds is 10. The average Bonchev–Trinajstić information content (AvgIpc) is 2.70. The van der Waals surface area contributed by atoms with Gasteiger partial charge in [0.25, 0.3) is 0 Å². The summed E-state index contributed by atoms with van der Waals surface area (Å²) in [5.41, 5.74) is -2.28. The maximum atomic E-state index is 12.5. The Hall–Kier alpha value is 0.220. The van der Waals surface area contributed by atoms with Gasteiger partial charge in [-0.3, -0.25) is 9.13 Å². The fourth-order valence-corrected chi connectivity index (χ4v) is 7.13. The SMILES string of the molecule is O=P(O)(OCC(CO)(CO)COP(=O)(O)C1CCCCC1)C1CCCCC1. The molecule has 4 N–H and O–H groups in total. The first-order valence-corrected chi connectivity index (χ1v) is 13.2. The van der Waals surface area contributed by atoms with Crippen LogP contribution in [-0.2, 0) is 18.2 Å². The summed E-state index contributed by atoms with van der Waals surface area (Å²) in [4.78, 5) is 20.5. The predicted octanol–water partition coefficient (Wildman–Crippen LogP) is 3.03. The van der Waals surface area contributed by atoms with E-state index in [4.69, 9.17) is 9.05 Å². The summed E-state index contributed by atoms with van der Waals surface area (Å²) in [6, 6.07) is 0. The summed E-state index contributed by atoms with van der Waals surface area (Å²) in [5, 5.41) is 19.5. The van der Waals surface area contributed by atoms with Gasteiger partial charge < -0.3 is 29.0 Å². The predicted molar refractivity (Wildman–Crippen MR) is 102 cm³/mol. The first kappa shape index (κ1) is 23.5. The van der Waals surface area contributed by atoms with E-state index in [0.717, 1.165) is 38.5 Å². The highest BCUT2D eigenvalue weighted by molar-refractivity contribution is 7.53. The van der Waals surface area contributed by atoms with Crippen LogP contribution in [0.4, 0.5) is 0 Å². The van der Waals surface area contributed by atoms with E-state index in [9.17, 15) is 29.1 Å². The van der Waals surface area contributed by atoms with Crippen LogP contribution in [0.1, 0.15) is 64.2 Å². The molecular formula is C17H34O8P2. The van der Waals surface area contributed by atoms with Gasteiger partial charge in [-0.1, -0.05) is 38.5 Å². The fraction of sp³-hybridized carbons (Fsp3) is 1.00. The van der Waals surface area contributed by atoms with Gasteiger partial charge in [0.1, 0.15) is 0 Å². The molecule has 0 bridgehead atoms. The molecule has 0 aromatic rings. The Morgan fingerprint density at radius 1 is 0.704 bits per heavy atom. The summed E-state index contributed by atoms with van der Waals surface area (Å²) >= 11 is 0. The van der Waals surface area contributed by atoms with Crippen molar-refractivity contribution in [2.24, 2.45) is 5.41 Å². The van der Waals surface area contributed by atoms with Crippen molar-refractivity contribution < 1.29 is 38.2 Å². The molecule has 27 heavy (non-hydrogen) atoms. The van der Waals surface area contributed by atoms with E-state index >= 15 is 0 Å². The van der Waals surface area contributed by atoms with Crippen molar-refractivity contribution in [2.45, 2.75) is 75.5 Å². The van der Waals surface area contributed by atoms with E-state index < -0.39 is 58.4 Å².